The number of rotatable bonds is 6. The highest BCUT2D eigenvalue weighted by Crippen LogP contribution is 2.08. The predicted octanol–water partition coefficient (Wildman–Crippen LogP) is 1.47. The molecule has 0 atom stereocenters. The van der Waals surface area contributed by atoms with E-state index < -0.39 is 5.97 Å². The van der Waals surface area contributed by atoms with Crippen LogP contribution in [0.1, 0.15) is 16.1 Å². The minimum absolute atomic E-state index is 0.0733. The van der Waals surface area contributed by atoms with Crippen molar-refractivity contribution in [2.75, 3.05) is 6.61 Å². The summed E-state index contributed by atoms with van der Waals surface area (Å²) in [5, 5.41) is 11.4. The summed E-state index contributed by atoms with van der Waals surface area (Å²) in [6.45, 7) is 0.278. The third-order valence-electron chi connectivity index (χ3n) is 2.66. The first-order valence-electron chi connectivity index (χ1n) is 6.28. The zero-order chi connectivity index (χ0) is 15.1. The molecule has 0 spiro atoms. The molecular weight excluding hydrogens is 272 g/mol. The van der Waals surface area contributed by atoms with Crippen molar-refractivity contribution < 1.29 is 19.4 Å². The number of carboxylic acid groups (broad SMARTS) is 1. The summed E-state index contributed by atoms with van der Waals surface area (Å²) in [7, 11) is 0. The standard InChI is InChI=1S/C15H14N2O4/c18-14(17-8-11-4-2-1-3-5-11)10-21-12-6-7-13(15(19)20)16-9-12/h1-7,9H,8,10H2,(H,17,18)(H,19,20). The van der Waals surface area contributed by atoms with Gasteiger partial charge in [-0.25, -0.2) is 9.78 Å². The van der Waals surface area contributed by atoms with E-state index in [1.807, 2.05) is 30.3 Å². The SMILES string of the molecule is O=C(COc1ccc(C(=O)O)nc1)NCc1ccccc1. The maximum Gasteiger partial charge on any atom is 0.354 e. The van der Waals surface area contributed by atoms with E-state index in [-0.39, 0.29) is 18.2 Å². The Kier molecular flexibility index (Phi) is 4.87. The van der Waals surface area contributed by atoms with Crippen LogP contribution in [0.4, 0.5) is 0 Å². The van der Waals surface area contributed by atoms with Gasteiger partial charge in [0.05, 0.1) is 6.20 Å². The molecule has 6 nitrogen and oxygen atoms in total. The fourth-order valence-corrected chi connectivity index (χ4v) is 1.59. The third kappa shape index (κ3) is 4.61. The van der Waals surface area contributed by atoms with Gasteiger partial charge in [0.15, 0.2) is 6.61 Å². The Morgan fingerprint density at radius 2 is 1.90 bits per heavy atom. The lowest BCUT2D eigenvalue weighted by atomic mass is 10.2. The van der Waals surface area contributed by atoms with Crippen molar-refractivity contribution in [3.8, 4) is 5.75 Å². The molecule has 21 heavy (non-hydrogen) atoms. The smallest absolute Gasteiger partial charge is 0.354 e. The van der Waals surface area contributed by atoms with Crippen LogP contribution in [0.15, 0.2) is 48.7 Å². The number of carbonyl (C=O) groups excluding carboxylic acids is 1. The first-order valence-corrected chi connectivity index (χ1v) is 6.28. The number of hydrogen-bond acceptors (Lipinski definition) is 4. The maximum absolute atomic E-state index is 11.6. The van der Waals surface area contributed by atoms with Gasteiger partial charge in [0, 0.05) is 6.54 Å². The van der Waals surface area contributed by atoms with Crippen molar-refractivity contribution in [1.29, 1.82) is 0 Å². The Morgan fingerprint density at radius 1 is 1.14 bits per heavy atom. The Labute approximate surface area is 121 Å². The Bertz CT molecular complexity index is 611. The van der Waals surface area contributed by atoms with E-state index in [0.717, 1.165) is 5.56 Å². The highest BCUT2D eigenvalue weighted by molar-refractivity contribution is 5.85. The van der Waals surface area contributed by atoms with Crippen LogP contribution in [0.2, 0.25) is 0 Å². The van der Waals surface area contributed by atoms with E-state index in [1.165, 1.54) is 18.3 Å². The number of aromatic carboxylic acids is 1. The van der Waals surface area contributed by atoms with Gasteiger partial charge in [-0.3, -0.25) is 4.79 Å². The zero-order valence-corrected chi connectivity index (χ0v) is 11.2. The van der Waals surface area contributed by atoms with Gasteiger partial charge in [-0.15, -0.1) is 0 Å². The van der Waals surface area contributed by atoms with E-state index in [1.54, 1.807) is 0 Å². The molecule has 0 fully saturated rings. The van der Waals surface area contributed by atoms with Gasteiger partial charge in [-0.2, -0.15) is 0 Å². The number of nitrogens with one attached hydrogen (secondary N) is 1. The maximum atomic E-state index is 11.6. The van der Waals surface area contributed by atoms with Gasteiger partial charge in [-0.05, 0) is 17.7 Å². The molecule has 2 N–H and O–H groups in total. The van der Waals surface area contributed by atoms with E-state index >= 15 is 0 Å². The fraction of sp³-hybridized carbons (Fsp3) is 0.133. The molecule has 0 saturated carbocycles. The lowest BCUT2D eigenvalue weighted by Gasteiger charge is -2.07. The second kappa shape index (κ2) is 7.04. The molecule has 1 amide bonds. The number of amides is 1. The Balaban J connectivity index is 1.77. The predicted molar refractivity (Wildman–Crippen MR) is 75.0 cm³/mol. The molecular formula is C15H14N2O4. The van der Waals surface area contributed by atoms with Crippen molar-refractivity contribution >= 4 is 11.9 Å². The highest BCUT2D eigenvalue weighted by Gasteiger charge is 2.06. The van der Waals surface area contributed by atoms with Crippen molar-refractivity contribution in [2.24, 2.45) is 0 Å². The number of pyridine rings is 1. The van der Waals surface area contributed by atoms with Crippen LogP contribution < -0.4 is 10.1 Å². The summed E-state index contributed by atoms with van der Waals surface area (Å²) >= 11 is 0. The molecule has 0 aliphatic carbocycles. The molecule has 108 valence electrons. The molecule has 6 heteroatoms. The third-order valence-corrected chi connectivity index (χ3v) is 2.66. The van der Waals surface area contributed by atoms with Crippen LogP contribution in [-0.2, 0) is 11.3 Å². The lowest BCUT2D eigenvalue weighted by molar-refractivity contribution is -0.123. The van der Waals surface area contributed by atoms with Gasteiger partial charge in [0.25, 0.3) is 5.91 Å². The fourth-order valence-electron chi connectivity index (χ4n) is 1.59. The van der Waals surface area contributed by atoms with Crippen LogP contribution in [0.5, 0.6) is 5.75 Å². The largest absolute Gasteiger partial charge is 0.482 e. The van der Waals surface area contributed by atoms with Crippen LogP contribution >= 0.6 is 0 Å². The normalized spacial score (nSPS) is 9.90. The van der Waals surface area contributed by atoms with Gasteiger partial charge in [-0.1, -0.05) is 30.3 Å². The van der Waals surface area contributed by atoms with Gasteiger partial charge >= 0.3 is 5.97 Å². The molecule has 2 aromatic rings. The number of carboxylic acids is 1. The number of aromatic nitrogens is 1. The van der Waals surface area contributed by atoms with Crippen molar-refractivity contribution in [3.05, 3.63) is 59.9 Å². The van der Waals surface area contributed by atoms with Crippen LogP contribution in [-0.4, -0.2) is 28.6 Å². The number of benzene rings is 1. The number of ether oxygens (including phenoxy) is 1. The molecule has 0 aliphatic heterocycles. The summed E-state index contributed by atoms with van der Waals surface area (Å²) in [5.41, 5.74) is 0.925. The monoisotopic (exact) mass is 286 g/mol. The van der Waals surface area contributed by atoms with E-state index in [0.29, 0.717) is 12.3 Å². The van der Waals surface area contributed by atoms with E-state index in [9.17, 15) is 9.59 Å². The van der Waals surface area contributed by atoms with Crippen LogP contribution in [0.25, 0.3) is 0 Å². The molecule has 1 aromatic heterocycles. The topological polar surface area (TPSA) is 88.5 Å². The van der Waals surface area contributed by atoms with Gasteiger partial charge in [0.1, 0.15) is 11.4 Å². The highest BCUT2D eigenvalue weighted by atomic mass is 16.5. The minimum Gasteiger partial charge on any atom is -0.482 e. The lowest BCUT2D eigenvalue weighted by Crippen LogP contribution is -2.28. The molecule has 1 heterocycles. The Morgan fingerprint density at radius 3 is 2.52 bits per heavy atom. The summed E-state index contributed by atoms with van der Waals surface area (Å²) in [6.07, 6.45) is 1.27. The Hall–Kier alpha value is -2.89. The quantitative estimate of drug-likeness (QED) is 0.839. The van der Waals surface area contributed by atoms with E-state index in [4.69, 9.17) is 9.84 Å². The van der Waals surface area contributed by atoms with Gasteiger partial charge in [0.2, 0.25) is 0 Å². The molecule has 0 unspecified atom stereocenters. The molecule has 2 rings (SSSR count). The second-order valence-electron chi connectivity index (χ2n) is 4.24. The van der Waals surface area contributed by atoms with Crippen LogP contribution in [0, 0.1) is 0 Å². The number of nitrogens with zero attached hydrogens (tertiary/aromatic N) is 1. The minimum atomic E-state index is -1.11. The van der Waals surface area contributed by atoms with Crippen molar-refractivity contribution in [3.63, 3.8) is 0 Å². The average molecular weight is 286 g/mol. The number of carbonyl (C=O) groups is 2. The first kappa shape index (κ1) is 14.5. The molecule has 0 radical (unpaired) electrons. The molecule has 0 saturated heterocycles. The zero-order valence-electron chi connectivity index (χ0n) is 11.2. The van der Waals surface area contributed by atoms with Gasteiger partial charge < -0.3 is 15.2 Å². The van der Waals surface area contributed by atoms with E-state index in [2.05, 4.69) is 10.3 Å². The first-order chi connectivity index (χ1) is 10.1. The van der Waals surface area contributed by atoms with Crippen LogP contribution in [0.3, 0.4) is 0 Å². The number of hydrogen-bond donors (Lipinski definition) is 2. The second-order valence-corrected chi connectivity index (χ2v) is 4.24. The summed E-state index contributed by atoms with van der Waals surface area (Å²) in [6, 6.07) is 12.3. The average Bonchev–Trinajstić information content (AvgIpc) is 2.52. The van der Waals surface area contributed by atoms with Crippen molar-refractivity contribution in [2.45, 2.75) is 6.54 Å². The molecule has 0 aliphatic rings. The molecule has 0 bridgehead atoms. The molecule has 1 aromatic carbocycles. The summed E-state index contributed by atoms with van der Waals surface area (Å²) in [4.78, 5) is 25.9. The van der Waals surface area contributed by atoms with Crippen molar-refractivity contribution in [1.82, 2.24) is 10.3 Å². The summed E-state index contributed by atoms with van der Waals surface area (Å²) < 4.78 is 5.22. The summed E-state index contributed by atoms with van der Waals surface area (Å²) in [5.74, 6) is -1.03.